The molecule has 1 aromatic rings. The molecule has 1 rings (SSSR count). The van der Waals surface area contributed by atoms with E-state index in [9.17, 15) is 4.39 Å². The first kappa shape index (κ1) is 7.94. The molecule has 0 atom stereocenters. The van der Waals surface area contributed by atoms with E-state index >= 15 is 0 Å². The van der Waals surface area contributed by atoms with Gasteiger partial charge in [0.2, 0.25) is 0 Å². The SMILES string of the molecule is NCc1cc[c]c(F)c1I. The number of nitrogens with two attached hydrogens (primary N) is 1. The Morgan fingerprint density at radius 2 is 2.40 bits per heavy atom. The van der Waals surface area contributed by atoms with Gasteiger partial charge in [0.05, 0.1) is 3.57 Å². The molecule has 0 amide bonds. The van der Waals surface area contributed by atoms with E-state index in [0.717, 1.165) is 5.56 Å². The number of rotatable bonds is 1. The minimum atomic E-state index is -0.316. The van der Waals surface area contributed by atoms with Gasteiger partial charge in [0.15, 0.2) is 0 Å². The summed E-state index contributed by atoms with van der Waals surface area (Å²) in [6, 6.07) is 5.75. The highest BCUT2D eigenvalue weighted by Gasteiger charge is 2.01. The Balaban J connectivity index is 3.14. The maximum Gasteiger partial charge on any atom is 0.144 e. The first-order valence-corrected chi connectivity index (χ1v) is 3.88. The summed E-state index contributed by atoms with van der Waals surface area (Å²) in [5, 5.41) is 0. The van der Waals surface area contributed by atoms with E-state index in [2.05, 4.69) is 6.07 Å². The van der Waals surface area contributed by atoms with Crippen molar-refractivity contribution in [1.82, 2.24) is 0 Å². The van der Waals surface area contributed by atoms with Crippen LogP contribution in [0.2, 0.25) is 0 Å². The zero-order chi connectivity index (χ0) is 7.56. The van der Waals surface area contributed by atoms with Crippen molar-refractivity contribution in [3.05, 3.63) is 33.1 Å². The molecule has 10 heavy (non-hydrogen) atoms. The molecule has 2 N–H and O–H groups in total. The van der Waals surface area contributed by atoms with E-state index in [4.69, 9.17) is 5.73 Å². The Morgan fingerprint density at radius 3 is 2.90 bits per heavy atom. The van der Waals surface area contributed by atoms with Gasteiger partial charge in [0, 0.05) is 12.6 Å². The normalized spacial score (nSPS) is 9.90. The van der Waals surface area contributed by atoms with Crippen LogP contribution in [0.4, 0.5) is 4.39 Å². The lowest BCUT2D eigenvalue weighted by Gasteiger charge is -1.99. The predicted molar refractivity (Wildman–Crippen MR) is 45.8 cm³/mol. The van der Waals surface area contributed by atoms with Gasteiger partial charge in [-0.3, -0.25) is 0 Å². The topological polar surface area (TPSA) is 26.0 Å². The van der Waals surface area contributed by atoms with Crippen molar-refractivity contribution < 1.29 is 4.39 Å². The fourth-order valence-corrected chi connectivity index (χ4v) is 1.21. The van der Waals surface area contributed by atoms with Crippen LogP contribution in [-0.2, 0) is 6.54 Å². The summed E-state index contributed by atoms with van der Waals surface area (Å²) in [4.78, 5) is 0. The van der Waals surface area contributed by atoms with Gasteiger partial charge in [0.25, 0.3) is 0 Å². The van der Waals surface area contributed by atoms with E-state index < -0.39 is 0 Å². The lowest BCUT2D eigenvalue weighted by molar-refractivity contribution is 0.615. The summed E-state index contributed by atoms with van der Waals surface area (Å²) in [6.45, 7) is 0.379. The third-order valence-corrected chi connectivity index (χ3v) is 2.36. The smallest absolute Gasteiger partial charge is 0.144 e. The van der Waals surface area contributed by atoms with E-state index in [1.165, 1.54) is 0 Å². The highest BCUT2D eigenvalue weighted by Crippen LogP contribution is 2.14. The third-order valence-electron chi connectivity index (χ3n) is 1.19. The lowest BCUT2D eigenvalue weighted by atomic mass is 10.2. The molecular formula is C7H6FIN. The van der Waals surface area contributed by atoms with E-state index in [1.807, 2.05) is 22.6 Å². The van der Waals surface area contributed by atoms with Crippen LogP contribution in [0, 0.1) is 15.5 Å². The number of halogens is 2. The van der Waals surface area contributed by atoms with Gasteiger partial charge in [-0.15, -0.1) is 0 Å². The number of hydrogen-bond acceptors (Lipinski definition) is 1. The molecule has 0 bridgehead atoms. The van der Waals surface area contributed by atoms with Gasteiger partial charge in [-0.2, -0.15) is 0 Å². The lowest BCUT2D eigenvalue weighted by Crippen LogP contribution is -2.00. The summed E-state index contributed by atoms with van der Waals surface area (Å²) in [5.74, 6) is -0.316. The largest absolute Gasteiger partial charge is 0.326 e. The molecule has 0 aliphatic carbocycles. The second-order valence-corrected chi connectivity index (χ2v) is 2.91. The summed E-state index contributed by atoms with van der Waals surface area (Å²) in [6.07, 6.45) is 0. The van der Waals surface area contributed by atoms with Crippen molar-refractivity contribution in [2.75, 3.05) is 0 Å². The number of benzene rings is 1. The molecule has 1 radical (unpaired) electrons. The van der Waals surface area contributed by atoms with Gasteiger partial charge in [-0.25, -0.2) is 4.39 Å². The Kier molecular flexibility index (Phi) is 2.62. The molecule has 3 heteroatoms. The molecule has 1 aromatic carbocycles. The van der Waals surface area contributed by atoms with E-state index in [0.29, 0.717) is 10.1 Å². The van der Waals surface area contributed by atoms with Gasteiger partial charge < -0.3 is 5.73 Å². The minimum absolute atomic E-state index is 0.316. The van der Waals surface area contributed by atoms with E-state index in [-0.39, 0.29) is 5.82 Å². The van der Waals surface area contributed by atoms with Crippen LogP contribution in [-0.4, -0.2) is 0 Å². The zero-order valence-corrected chi connectivity index (χ0v) is 7.35. The van der Waals surface area contributed by atoms with Gasteiger partial charge in [-0.1, -0.05) is 12.1 Å². The van der Waals surface area contributed by atoms with Gasteiger partial charge in [0.1, 0.15) is 5.82 Å². The summed E-state index contributed by atoms with van der Waals surface area (Å²) >= 11 is 1.92. The standard InChI is InChI=1S/C7H6FIN/c8-6-3-1-2-5(4-10)7(6)9/h1-2H,4,10H2. The molecule has 0 saturated carbocycles. The van der Waals surface area contributed by atoms with Crippen molar-refractivity contribution in [1.29, 1.82) is 0 Å². The van der Waals surface area contributed by atoms with Crippen molar-refractivity contribution >= 4 is 22.6 Å². The molecule has 0 fully saturated rings. The minimum Gasteiger partial charge on any atom is -0.326 e. The Morgan fingerprint density at radius 1 is 1.70 bits per heavy atom. The molecule has 0 spiro atoms. The summed E-state index contributed by atoms with van der Waals surface area (Å²) < 4.78 is 13.2. The predicted octanol–water partition coefficient (Wildman–Crippen LogP) is 1.69. The molecule has 1 nitrogen and oxygen atoms in total. The Bertz CT molecular complexity index is 237. The average Bonchev–Trinajstić information content (AvgIpc) is 1.95. The maximum absolute atomic E-state index is 12.6. The average molecular weight is 250 g/mol. The van der Waals surface area contributed by atoms with Gasteiger partial charge in [-0.05, 0) is 28.2 Å². The third kappa shape index (κ3) is 1.46. The van der Waals surface area contributed by atoms with Crippen LogP contribution in [0.5, 0.6) is 0 Å². The monoisotopic (exact) mass is 250 g/mol. The molecule has 0 aliphatic rings. The summed E-state index contributed by atoms with van der Waals surface area (Å²) in [5.41, 5.74) is 6.16. The molecule has 53 valence electrons. The van der Waals surface area contributed by atoms with Crippen LogP contribution in [0.3, 0.4) is 0 Å². The molecular weight excluding hydrogens is 244 g/mol. The van der Waals surface area contributed by atoms with Crippen LogP contribution in [0.1, 0.15) is 5.56 Å². The number of hydrogen-bond donors (Lipinski definition) is 1. The molecule has 0 saturated heterocycles. The maximum atomic E-state index is 12.6. The highest BCUT2D eigenvalue weighted by molar-refractivity contribution is 14.1. The quantitative estimate of drug-likeness (QED) is 0.754. The van der Waals surface area contributed by atoms with Crippen molar-refractivity contribution in [2.45, 2.75) is 6.54 Å². The van der Waals surface area contributed by atoms with E-state index in [1.54, 1.807) is 12.1 Å². The van der Waals surface area contributed by atoms with Crippen molar-refractivity contribution in [3.8, 4) is 0 Å². The molecule has 0 aromatic heterocycles. The molecule has 0 heterocycles. The Hall–Kier alpha value is -0.160. The van der Waals surface area contributed by atoms with Crippen molar-refractivity contribution in [2.24, 2.45) is 5.73 Å². The van der Waals surface area contributed by atoms with Crippen LogP contribution in [0.15, 0.2) is 12.1 Å². The first-order valence-electron chi connectivity index (χ1n) is 2.80. The van der Waals surface area contributed by atoms with Crippen LogP contribution >= 0.6 is 22.6 Å². The first-order chi connectivity index (χ1) is 4.75. The van der Waals surface area contributed by atoms with Crippen LogP contribution < -0.4 is 5.73 Å². The molecule has 0 aliphatic heterocycles. The Labute approximate surface area is 72.6 Å². The second kappa shape index (κ2) is 3.30. The van der Waals surface area contributed by atoms with Gasteiger partial charge >= 0.3 is 0 Å². The fraction of sp³-hybridized carbons (Fsp3) is 0.143. The molecule has 0 unspecified atom stereocenters. The highest BCUT2D eigenvalue weighted by atomic mass is 127. The summed E-state index contributed by atoms with van der Waals surface area (Å²) in [7, 11) is 0. The second-order valence-electron chi connectivity index (χ2n) is 1.83. The van der Waals surface area contributed by atoms with Crippen molar-refractivity contribution in [3.63, 3.8) is 0 Å². The zero-order valence-electron chi connectivity index (χ0n) is 5.20. The van der Waals surface area contributed by atoms with Crippen LogP contribution in [0.25, 0.3) is 0 Å². The fourth-order valence-electron chi connectivity index (χ4n) is 0.651.